The highest BCUT2D eigenvalue weighted by atomic mass is 35.5. The number of cyclic esters (lactones) is 1. The minimum absolute atomic E-state index is 0.0791. The van der Waals surface area contributed by atoms with Gasteiger partial charge in [0, 0.05) is 5.69 Å². The Morgan fingerprint density at radius 3 is 2.29 bits per heavy atom. The molecule has 0 aromatic heterocycles. The highest BCUT2D eigenvalue weighted by molar-refractivity contribution is 6.42. The first-order valence-electron chi connectivity index (χ1n) is 5.93. The SMILES string of the molecule is NC(=O)C(C(N)=O)[C@@H]1OC(=O)C(Cl)=C1Nc1ccccc1. The number of hydrogen-bond acceptors (Lipinski definition) is 5. The number of carbonyl (C=O) groups excluding carboxylic acids is 3. The zero-order valence-corrected chi connectivity index (χ0v) is 11.5. The maximum absolute atomic E-state index is 11.6. The number of nitrogens with two attached hydrogens (primary N) is 2. The topological polar surface area (TPSA) is 125 Å². The minimum Gasteiger partial charge on any atom is -0.450 e. The van der Waals surface area contributed by atoms with Gasteiger partial charge in [-0.2, -0.15) is 0 Å². The molecular weight excluding hydrogens is 298 g/mol. The number of primary amides is 2. The van der Waals surface area contributed by atoms with Gasteiger partial charge in [0.15, 0.2) is 12.0 Å². The van der Waals surface area contributed by atoms with E-state index in [0.29, 0.717) is 5.69 Å². The summed E-state index contributed by atoms with van der Waals surface area (Å²) in [6.45, 7) is 0. The van der Waals surface area contributed by atoms with Crippen LogP contribution in [0.15, 0.2) is 41.1 Å². The Kier molecular flexibility index (Phi) is 4.13. The lowest BCUT2D eigenvalue weighted by Gasteiger charge is -2.20. The van der Waals surface area contributed by atoms with E-state index in [1.807, 2.05) is 0 Å². The molecule has 5 N–H and O–H groups in total. The van der Waals surface area contributed by atoms with Gasteiger partial charge in [0.1, 0.15) is 5.03 Å². The summed E-state index contributed by atoms with van der Waals surface area (Å²) in [6.07, 6.45) is -1.26. The van der Waals surface area contributed by atoms with E-state index in [2.05, 4.69) is 5.32 Å². The Morgan fingerprint density at radius 2 is 1.76 bits per heavy atom. The second-order valence-corrected chi connectivity index (χ2v) is 4.70. The maximum atomic E-state index is 11.6. The van der Waals surface area contributed by atoms with Gasteiger partial charge in [-0.3, -0.25) is 9.59 Å². The molecule has 0 bridgehead atoms. The Hall–Kier alpha value is -2.54. The number of halogens is 1. The summed E-state index contributed by atoms with van der Waals surface area (Å²) < 4.78 is 4.93. The molecule has 1 aliphatic heterocycles. The normalized spacial score (nSPS) is 17.8. The Balaban J connectivity index is 2.36. The molecule has 1 aliphatic rings. The van der Waals surface area contributed by atoms with Crippen LogP contribution < -0.4 is 16.8 Å². The molecule has 7 nitrogen and oxygen atoms in total. The number of nitrogens with one attached hydrogen (secondary N) is 1. The summed E-state index contributed by atoms with van der Waals surface area (Å²) in [5.41, 5.74) is 11.0. The van der Waals surface area contributed by atoms with E-state index in [4.69, 9.17) is 27.8 Å². The lowest BCUT2D eigenvalue weighted by atomic mass is 9.98. The van der Waals surface area contributed by atoms with Crippen molar-refractivity contribution in [3.05, 3.63) is 41.1 Å². The lowest BCUT2D eigenvalue weighted by Crippen LogP contribution is -2.45. The Bertz CT molecular complexity index is 616. The number of benzene rings is 1. The molecule has 2 rings (SSSR count). The van der Waals surface area contributed by atoms with Crippen LogP contribution >= 0.6 is 11.6 Å². The Morgan fingerprint density at radius 1 is 1.19 bits per heavy atom. The van der Waals surface area contributed by atoms with E-state index in [0.717, 1.165) is 0 Å². The largest absolute Gasteiger partial charge is 0.450 e. The number of esters is 1. The van der Waals surface area contributed by atoms with Crippen molar-refractivity contribution in [1.29, 1.82) is 0 Å². The smallest absolute Gasteiger partial charge is 0.352 e. The quantitative estimate of drug-likeness (QED) is 0.524. The van der Waals surface area contributed by atoms with Crippen molar-refractivity contribution in [1.82, 2.24) is 0 Å². The number of rotatable bonds is 5. The van der Waals surface area contributed by atoms with E-state index in [-0.39, 0.29) is 10.7 Å². The van der Waals surface area contributed by atoms with E-state index in [9.17, 15) is 14.4 Å². The summed E-state index contributed by atoms with van der Waals surface area (Å²) in [5.74, 6) is -4.36. The van der Waals surface area contributed by atoms with Gasteiger partial charge >= 0.3 is 5.97 Å². The number of amides is 2. The molecule has 8 heteroatoms. The molecule has 0 radical (unpaired) electrons. The third-order valence-corrected chi connectivity index (χ3v) is 3.26. The zero-order chi connectivity index (χ0) is 15.6. The minimum atomic E-state index is -1.50. The van der Waals surface area contributed by atoms with Gasteiger partial charge in [-0.15, -0.1) is 0 Å². The average Bonchev–Trinajstić information content (AvgIpc) is 2.67. The molecule has 0 saturated carbocycles. The van der Waals surface area contributed by atoms with Gasteiger partial charge in [0.25, 0.3) is 0 Å². The van der Waals surface area contributed by atoms with Gasteiger partial charge < -0.3 is 21.5 Å². The van der Waals surface area contributed by atoms with E-state index in [1.165, 1.54) is 0 Å². The van der Waals surface area contributed by atoms with Crippen LogP contribution in [0.25, 0.3) is 0 Å². The number of anilines is 1. The first kappa shape index (κ1) is 14.9. The summed E-state index contributed by atoms with van der Waals surface area (Å²) in [6, 6.07) is 8.72. The van der Waals surface area contributed by atoms with Crippen molar-refractivity contribution in [2.75, 3.05) is 5.32 Å². The average molecular weight is 310 g/mol. The van der Waals surface area contributed by atoms with Crippen molar-refractivity contribution >= 4 is 35.1 Å². The van der Waals surface area contributed by atoms with Crippen LogP contribution in [-0.2, 0) is 19.1 Å². The van der Waals surface area contributed by atoms with Crippen molar-refractivity contribution in [2.24, 2.45) is 17.4 Å². The Labute approximate surface area is 124 Å². The maximum Gasteiger partial charge on any atom is 0.352 e. The van der Waals surface area contributed by atoms with Crippen LogP contribution in [0.1, 0.15) is 0 Å². The van der Waals surface area contributed by atoms with E-state index < -0.39 is 29.8 Å². The summed E-state index contributed by atoms with van der Waals surface area (Å²) in [4.78, 5) is 34.3. The summed E-state index contributed by atoms with van der Waals surface area (Å²) >= 11 is 5.87. The molecule has 2 amide bonds. The monoisotopic (exact) mass is 309 g/mol. The number of hydrogen-bond donors (Lipinski definition) is 3. The fourth-order valence-corrected chi connectivity index (χ4v) is 2.14. The molecule has 0 unspecified atom stereocenters. The summed E-state index contributed by atoms with van der Waals surface area (Å²) in [7, 11) is 0. The molecule has 0 fully saturated rings. The second-order valence-electron chi connectivity index (χ2n) is 4.33. The number of carbonyl (C=O) groups is 3. The molecule has 1 aromatic carbocycles. The highest BCUT2D eigenvalue weighted by Gasteiger charge is 2.44. The van der Waals surface area contributed by atoms with Crippen molar-refractivity contribution in [2.45, 2.75) is 6.10 Å². The molecule has 1 heterocycles. The predicted molar refractivity (Wildman–Crippen MR) is 74.7 cm³/mol. The molecule has 1 atom stereocenters. The fourth-order valence-electron chi connectivity index (χ4n) is 1.94. The zero-order valence-electron chi connectivity index (χ0n) is 10.7. The molecule has 21 heavy (non-hydrogen) atoms. The molecule has 0 spiro atoms. The van der Waals surface area contributed by atoms with Crippen molar-refractivity contribution in [3.63, 3.8) is 0 Å². The first-order valence-corrected chi connectivity index (χ1v) is 6.31. The third kappa shape index (κ3) is 2.97. The number of para-hydroxylation sites is 1. The fraction of sp³-hybridized carbons (Fsp3) is 0.154. The molecule has 1 aromatic rings. The summed E-state index contributed by atoms with van der Waals surface area (Å²) in [5, 5.41) is 2.59. The van der Waals surface area contributed by atoms with E-state index in [1.54, 1.807) is 30.3 Å². The van der Waals surface area contributed by atoms with Crippen LogP contribution in [0.2, 0.25) is 0 Å². The van der Waals surface area contributed by atoms with Crippen LogP contribution in [0.4, 0.5) is 5.69 Å². The van der Waals surface area contributed by atoms with Crippen LogP contribution in [-0.4, -0.2) is 23.9 Å². The van der Waals surface area contributed by atoms with Gasteiger partial charge in [-0.25, -0.2) is 4.79 Å². The van der Waals surface area contributed by atoms with Crippen molar-refractivity contribution in [3.8, 4) is 0 Å². The van der Waals surface area contributed by atoms with Gasteiger partial charge in [-0.05, 0) is 12.1 Å². The van der Waals surface area contributed by atoms with E-state index >= 15 is 0 Å². The predicted octanol–water partition coefficient (Wildman–Crippen LogP) is 0.0611. The molecule has 0 aliphatic carbocycles. The van der Waals surface area contributed by atoms with Gasteiger partial charge in [0.2, 0.25) is 11.8 Å². The van der Waals surface area contributed by atoms with Crippen LogP contribution in [0.3, 0.4) is 0 Å². The first-order chi connectivity index (χ1) is 9.91. The van der Waals surface area contributed by atoms with Crippen LogP contribution in [0.5, 0.6) is 0 Å². The third-order valence-electron chi connectivity index (χ3n) is 2.90. The standard InChI is InChI=1S/C13H12ClN3O4/c14-8-9(17-6-4-2-1-3-5-6)10(21-13(8)20)7(11(15)18)12(16)19/h1-5,7,10,17H,(H2,15,18)(H2,16,19)/t10-/m0/s1. The lowest BCUT2D eigenvalue weighted by molar-refractivity contribution is -0.146. The second kappa shape index (κ2) is 5.84. The molecular formula is C13H12ClN3O4. The van der Waals surface area contributed by atoms with Gasteiger partial charge in [0.05, 0.1) is 5.70 Å². The molecule has 0 saturated heterocycles. The number of ether oxygens (including phenoxy) is 1. The highest BCUT2D eigenvalue weighted by Crippen LogP contribution is 2.31. The van der Waals surface area contributed by atoms with Gasteiger partial charge in [-0.1, -0.05) is 29.8 Å². The van der Waals surface area contributed by atoms with Crippen LogP contribution in [0, 0.1) is 5.92 Å². The molecule has 110 valence electrons. The van der Waals surface area contributed by atoms with Crippen molar-refractivity contribution < 1.29 is 19.1 Å².